The Kier molecular flexibility index (Phi) is 4.16. The number of aromatic amines is 1. The molecule has 1 aromatic heterocycles. The maximum Gasteiger partial charge on any atom is 0.254 e. The maximum atomic E-state index is 11.2. The van der Waals surface area contributed by atoms with Crippen LogP contribution >= 0.6 is 0 Å². The molecular weight excluding hydrogens is 180 g/mol. The Morgan fingerprint density at radius 2 is 2.21 bits per heavy atom. The SMILES string of the molecule is CCCOc1cc(=O)[nH]c(CCC)n1. The van der Waals surface area contributed by atoms with Crippen molar-refractivity contribution >= 4 is 0 Å². The molecule has 0 spiro atoms. The Hall–Kier alpha value is -1.32. The minimum atomic E-state index is -0.144. The topological polar surface area (TPSA) is 55.0 Å². The quantitative estimate of drug-likeness (QED) is 0.776. The third-order valence-corrected chi connectivity index (χ3v) is 1.71. The smallest absolute Gasteiger partial charge is 0.254 e. The second-order valence-electron chi connectivity index (χ2n) is 3.13. The number of rotatable bonds is 5. The Bertz CT molecular complexity index is 333. The number of hydrogen-bond donors (Lipinski definition) is 1. The van der Waals surface area contributed by atoms with Crippen LogP contribution in [0.4, 0.5) is 0 Å². The molecule has 0 aliphatic heterocycles. The molecule has 0 atom stereocenters. The molecule has 4 nitrogen and oxygen atoms in total. The van der Waals surface area contributed by atoms with Gasteiger partial charge in [0.15, 0.2) is 0 Å². The maximum absolute atomic E-state index is 11.2. The molecule has 0 aliphatic carbocycles. The average molecular weight is 196 g/mol. The zero-order valence-corrected chi connectivity index (χ0v) is 8.67. The highest BCUT2D eigenvalue weighted by molar-refractivity contribution is 5.08. The molecule has 0 radical (unpaired) electrons. The first-order chi connectivity index (χ1) is 6.76. The Morgan fingerprint density at radius 3 is 2.86 bits per heavy atom. The van der Waals surface area contributed by atoms with Gasteiger partial charge >= 0.3 is 0 Å². The van der Waals surface area contributed by atoms with Gasteiger partial charge in [-0.25, -0.2) is 4.98 Å². The van der Waals surface area contributed by atoms with E-state index < -0.39 is 0 Å². The molecule has 4 heteroatoms. The summed E-state index contributed by atoms with van der Waals surface area (Å²) in [6.45, 7) is 4.65. The summed E-state index contributed by atoms with van der Waals surface area (Å²) < 4.78 is 5.29. The van der Waals surface area contributed by atoms with Crippen LogP contribution in [0.1, 0.15) is 32.5 Å². The van der Waals surface area contributed by atoms with Gasteiger partial charge in [-0.05, 0) is 12.8 Å². The first-order valence-corrected chi connectivity index (χ1v) is 4.99. The number of aryl methyl sites for hydroxylation is 1. The van der Waals surface area contributed by atoms with E-state index >= 15 is 0 Å². The van der Waals surface area contributed by atoms with Crippen molar-refractivity contribution in [1.82, 2.24) is 9.97 Å². The van der Waals surface area contributed by atoms with Crippen molar-refractivity contribution in [2.75, 3.05) is 6.61 Å². The molecule has 1 rings (SSSR count). The lowest BCUT2D eigenvalue weighted by Crippen LogP contribution is -2.12. The Morgan fingerprint density at radius 1 is 1.43 bits per heavy atom. The molecular formula is C10H16N2O2. The number of hydrogen-bond acceptors (Lipinski definition) is 3. The van der Waals surface area contributed by atoms with Crippen molar-refractivity contribution in [3.8, 4) is 5.88 Å². The summed E-state index contributed by atoms with van der Waals surface area (Å²) in [6.07, 6.45) is 2.65. The van der Waals surface area contributed by atoms with Gasteiger partial charge in [0, 0.05) is 6.42 Å². The van der Waals surface area contributed by atoms with Crippen molar-refractivity contribution in [1.29, 1.82) is 0 Å². The van der Waals surface area contributed by atoms with E-state index in [1.54, 1.807) is 0 Å². The van der Waals surface area contributed by atoms with Crippen LogP contribution in [0.25, 0.3) is 0 Å². The lowest BCUT2D eigenvalue weighted by atomic mass is 10.3. The molecule has 0 saturated carbocycles. The van der Waals surface area contributed by atoms with Gasteiger partial charge < -0.3 is 9.72 Å². The molecule has 0 aromatic carbocycles. The van der Waals surface area contributed by atoms with E-state index in [0.29, 0.717) is 18.3 Å². The minimum absolute atomic E-state index is 0.144. The lowest BCUT2D eigenvalue weighted by molar-refractivity contribution is 0.303. The Balaban J connectivity index is 2.78. The number of H-pyrrole nitrogens is 1. The first kappa shape index (κ1) is 10.8. The predicted molar refractivity (Wildman–Crippen MR) is 54.6 cm³/mol. The van der Waals surface area contributed by atoms with E-state index in [4.69, 9.17) is 4.74 Å². The summed E-state index contributed by atoms with van der Waals surface area (Å²) in [5, 5.41) is 0. The van der Waals surface area contributed by atoms with Crippen molar-refractivity contribution in [2.45, 2.75) is 33.1 Å². The summed E-state index contributed by atoms with van der Waals surface area (Å²) in [5.41, 5.74) is -0.144. The van der Waals surface area contributed by atoms with Crippen LogP contribution in [0.5, 0.6) is 5.88 Å². The van der Waals surface area contributed by atoms with Gasteiger partial charge in [-0.1, -0.05) is 13.8 Å². The second kappa shape index (κ2) is 5.42. The third kappa shape index (κ3) is 3.20. The molecule has 1 N–H and O–H groups in total. The summed E-state index contributed by atoms with van der Waals surface area (Å²) in [4.78, 5) is 18.0. The van der Waals surface area contributed by atoms with Gasteiger partial charge in [-0.15, -0.1) is 0 Å². The van der Waals surface area contributed by atoms with Crippen LogP contribution < -0.4 is 10.3 Å². The molecule has 0 amide bonds. The zero-order valence-electron chi connectivity index (χ0n) is 8.67. The molecule has 1 heterocycles. The predicted octanol–water partition coefficient (Wildman–Crippen LogP) is 1.51. The number of nitrogens with zero attached hydrogens (tertiary/aromatic N) is 1. The molecule has 0 aliphatic rings. The number of aromatic nitrogens is 2. The van der Waals surface area contributed by atoms with Gasteiger partial charge in [0.05, 0.1) is 12.7 Å². The van der Waals surface area contributed by atoms with Gasteiger partial charge in [0.1, 0.15) is 5.82 Å². The fraction of sp³-hybridized carbons (Fsp3) is 0.600. The second-order valence-corrected chi connectivity index (χ2v) is 3.13. The summed E-state index contributed by atoms with van der Waals surface area (Å²) >= 11 is 0. The van der Waals surface area contributed by atoms with Gasteiger partial charge in [-0.2, -0.15) is 0 Å². The van der Waals surface area contributed by atoms with Crippen molar-refractivity contribution < 1.29 is 4.74 Å². The van der Waals surface area contributed by atoms with Gasteiger partial charge in [0.2, 0.25) is 5.88 Å². The van der Waals surface area contributed by atoms with E-state index in [1.165, 1.54) is 6.07 Å². The fourth-order valence-corrected chi connectivity index (χ4v) is 1.12. The largest absolute Gasteiger partial charge is 0.477 e. The van der Waals surface area contributed by atoms with Crippen LogP contribution in [-0.2, 0) is 6.42 Å². The number of nitrogens with one attached hydrogen (secondary N) is 1. The highest BCUT2D eigenvalue weighted by atomic mass is 16.5. The van der Waals surface area contributed by atoms with E-state index in [0.717, 1.165) is 19.3 Å². The summed E-state index contributed by atoms with van der Waals surface area (Å²) in [5.74, 6) is 1.13. The fourth-order valence-electron chi connectivity index (χ4n) is 1.12. The normalized spacial score (nSPS) is 10.1. The van der Waals surface area contributed by atoms with Crippen LogP contribution in [0.3, 0.4) is 0 Å². The molecule has 0 fully saturated rings. The van der Waals surface area contributed by atoms with Gasteiger partial charge in [-0.3, -0.25) is 4.79 Å². The van der Waals surface area contributed by atoms with E-state index in [-0.39, 0.29) is 5.56 Å². The highest BCUT2D eigenvalue weighted by Crippen LogP contribution is 2.03. The molecule has 0 bridgehead atoms. The standard InChI is InChI=1S/C10H16N2O2/c1-3-5-8-11-9(13)7-10(12-8)14-6-4-2/h7H,3-6H2,1-2H3,(H,11,12,13). The molecule has 0 saturated heterocycles. The number of ether oxygens (including phenoxy) is 1. The van der Waals surface area contributed by atoms with Gasteiger partial charge in [0.25, 0.3) is 5.56 Å². The Labute approximate surface area is 83.3 Å². The monoisotopic (exact) mass is 196 g/mol. The van der Waals surface area contributed by atoms with Crippen molar-refractivity contribution in [3.63, 3.8) is 0 Å². The van der Waals surface area contributed by atoms with E-state index in [9.17, 15) is 4.79 Å². The average Bonchev–Trinajstić information content (AvgIpc) is 2.14. The highest BCUT2D eigenvalue weighted by Gasteiger charge is 2.00. The van der Waals surface area contributed by atoms with E-state index in [1.807, 2.05) is 13.8 Å². The van der Waals surface area contributed by atoms with Crippen molar-refractivity contribution in [3.05, 3.63) is 22.2 Å². The lowest BCUT2D eigenvalue weighted by Gasteiger charge is -2.04. The van der Waals surface area contributed by atoms with Crippen molar-refractivity contribution in [2.24, 2.45) is 0 Å². The molecule has 14 heavy (non-hydrogen) atoms. The van der Waals surface area contributed by atoms with E-state index in [2.05, 4.69) is 9.97 Å². The minimum Gasteiger partial charge on any atom is -0.477 e. The van der Waals surface area contributed by atoms with Crippen LogP contribution in [-0.4, -0.2) is 16.6 Å². The van der Waals surface area contributed by atoms with Crippen LogP contribution in [0.15, 0.2) is 10.9 Å². The summed E-state index contributed by atoms with van der Waals surface area (Å²) in [7, 11) is 0. The summed E-state index contributed by atoms with van der Waals surface area (Å²) in [6, 6.07) is 1.38. The molecule has 0 unspecified atom stereocenters. The first-order valence-electron chi connectivity index (χ1n) is 4.99. The molecule has 78 valence electrons. The van der Waals surface area contributed by atoms with Crippen LogP contribution in [0.2, 0.25) is 0 Å². The van der Waals surface area contributed by atoms with Crippen LogP contribution in [0, 0.1) is 0 Å². The third-order valence-electron chi connectivity index (χ3n) is 1.71. The molecule has 1 aromatic rings. The zero-order chi connectivity index (χ0) is 10.4.